The van der Waals surface area contributed by atoms with E-state index in [4.69, 9.17) is 0 Å². The Hall–Kier alpha value is -1.33. The van der Waals surface area contributed by atoms with E-state index in [2.05, 4.69) is 40.2 Å². The third-order valence-corrected chi connectivity index (χ3v) is 4.05. The molecule has 19 heavy (non-hydrogen) atoms. The molecule has 1 aromatic carbocycles. The minimum absolute atomic E-state index is 0.187. The van der Waals surface area contributed by atoms with Gasteiger partial charge in [0, 0.05) is 36.5 Å². The maximum Gasteiger partial charge on any atom is 0.134 e. The maximum absolute atomic E-state index is 9.94. The number of aromatic hydroxyl groups is 1. The van der Waals surface area contributed by atoms with Crippen molar-refractivity contribution in [3.8, 4) is 5.75 Å². The lowest BCUT2D eigenvalue weighted by Gasteiger charge is -2.14. The van der Waals surface area contributed by atoms with Crippen LogP contribution in [0.5, 0.6) is 5.75 Å². The number of nitrogens with zero attached hydrogens (tertiary/aromatic N) is 2. The molecule has 0 aliphatic rings. The van der Waals surface area contributed by atoms with Crippen molar-refractivity contribution in [3.63, 3.8) is 0 Å². The molecule has 0 radical (unpaired) electrons. The Morgan fingerprint density at radius 3 is 2.84 bits per heavy atom. The van der Waals surface area contributed by atoms with Gasteiger partial charge in [0.1, 0.15) is 5.75 Å². The van der Waals surface area contributed by atoms with Crippen LogP contribution in [0.4, 0.5) is 0 Å². The number of phenols is 1. The third kappa shape index (κ3) is 2.98. The SMILES string of the molecule is Cc1c(C(C)NCc2cccc(Br)c2O)cnn1C. The van der Waals surface area contributed by atoms with E-state index in [0.717, 1.165) is 15.7 Å². The van der Waals surface area contributed by atoms with E-state index >= 15 is 0 Å². The van der Waals surface area contributed by atoms with E-state index in [1.807, 2.05) is 36.1 Å². The zero-order valence-electron chi connectivity index (χ0n) is 11.3. The molecule has 1 aromatic heterocycles. The lowest BCUT2D eigenvalue weighted by molar-refractivity contribution is 0.457. The largest absolute Gasteiger partial charge is 0.506 e. The fourth-order valence-corrected chi connectivity index (χ4v) is 2.42. The van der Waals surface area contributed by atoms with Gasteiger partial charge in [0.05, 0.1) is 10.7 Å². The summed E-state index contributed by atoms with van der Waals surface area (Å²) in [6.07, 6.45) is 1.88. The normalized spacial score (nSPS) is 12.6. The van der Waals surface area contributed by atoms with Crippen LogP contribution in [0.25, 0.3) is 0 Å². The number of para-hydroxylation sites is 1. The molecule has 0 saturated heterocycles. The van der Waals surface area contributed by atoms with Crippen LogP contribution < -0.4 is 5.32 Å². The summed E-state index contributed by atoms with van der Waals surface area (Å²) in [4.78, 5) is 0. The first-order valence-electron chi connectivity index (χ1n) is 6.19. The van der Waals surface area contributed by atoms with Gasteiger partial charge in [0.2, 0.25) is 0 Å². The van der Waals surface area contributed by atoms with Crippen LogP contribution in [0.2, 0.25) is 0 Å². The van der Waals surface area contributed by atoms with Crippen molar-refractivity contribution >= 4 is 15.9 Å². The number of aryl methyl sites for hydroxylation is 1. The molecule has 0 amide bonds. The van der Waals surface area contributed by atoms with Crippen molar-refractivity contribution in [3.05, 3.63) is 45.7 Å². The quantitative estimate of drug-likeness (QED) is 0.909. The Morgan fingerprint density at radius 2 is 2.21 bits per heavy atom. The molecule has 0 bridgehead atoms. The number of aromatic nitrogens is 2. The van der Waals surface area contributed by atoms with Gasteiger partial charge >= 0.3 is 0 Å². The molecule has 0 saturated carbocycles. The molecule has 0 spiro atoms. The number of rotatable bonds is 4. The first-order valence-corrected chi connectivity index (χ1v) is 6.98. The highest BCUT2D eigenvalue weighted by atomic mass is 79.9. The predicted molar refractivity (Wildman–Crippen MR) is 79.0 cm³/mol. The van der Waals surface area contributed by atoms with Gasteiger partial charge in [-0.1, -0.05) is 12.1 Å². The summed E-state index contributed by atoms with van der Waals surface area (Å²) in [7, 11) is 1.94. The Bertz CT molecular complexity index is 580. The fourth-order valence-electron chi connectivity index (χ4n) is 2.02. The van der Waals surface area contributed by atoms with Crippen LogP contribution in [0, 0.1) is 6.92 Å². The summed E-state index contributed by atoms with van der Waals surface area (Å²) in [6.45, 7) is 4.76. The molecule has 0 aliphatic carbocycles. The smallest absolute Gasteiger partial charge is 0.134 e. The number of nitrogens with one attached hydrogen (secondary N) is 1. The van der Waals surface area contributed by atoms with Crippen molar-refractivity contribution in [2.45, 2.75) is 26.4 Å². The van der Waals surface area contributed by atoms with Gasteiger partial charge in [-0.15, -0.1) is 0 Å². The zero-order chi connectivity index (χ0) is 14.0. The molecule has 1 unspecified atom stereocenters. The van der Waals surface area contributed by atoms with Crippen molar-refractivity contribution in [1.82, 2.24) is 15.1 Å². The van der Waals surface area contributed by atoms with Gasteiger partial charge in [-0.3, -0.25) is 4.68 Å². The molecular formula is C14H18BrN3O. The summed E-state index contributed by atoms with van der Waals surface area (Å²) in [5, 5.41) is 17.6. The Kier molecular flexibility index (Phi) is 4.27. The Morgan fingerprint density at radius 1 is 1.47 bits per heavy atom. The van der Waals surface area contributed by atoms with E-state index in [-0.39, 0.29) is 6.04 Å². The second-order valence-corrected chi connectivity index (χ2v) is 5.51. The average molecular weight is 324 g/mol. The molecule has 1 heterocycles. The van der Waals surface area contributed by atoms with Gasteiger partial charge in [0.25, 0.3) is 0 Å². The number of halogens is 1. The summed E-state index contributed by atoms with van der Waals surface area (Å²) in [5.74, 6) is 0.296. The summed E-state index contributed by atoms with van der Waals surface area (Å²) < 4.78 is 2.58. The summed E-state index contributed by atoms with van der Waals surface area (Å²) >= 11 is 3.32. The minimum atomic E-state index is 0.187. The van der Waals surface area contributed by atoms with Crippen LogP contribution in [-0.4, -0.2) is 14.9 Å². The van der Waals surface area contributed by atoms with E-state index in [1.165, 1.54) is 5.56 Å². The predicted octanol–water partition coefficient (Wildman–Crippen LogP) is 3.05. The van der Waals surface area contributed by atoms with Crippen molar-refractivity contribution < 1.29 is 5.11 Å². The molecule has 102 valence electrons. The van der Waals surface area contributed by atoms with Crippen molar-refractivity contribution in [2.75, 3.05) is 0 Å². The average Bonchev–Trinajstić information content (AvgIpc) is 2.72. The molecule has 2 rings (SSSR count). The molecule has 2 N–H and O–H groups in total. The lowest BCUT2D eigenvalue weighted by atomic mass is 10.1. The highest BCUT2D eigenvalue weighted by Crippen LogP contribution is 2.27. The maximum atomic E-state index is 9.94. The Balaban J connectivity index is 2.06. The fraction of sp³-hybridized carbons (Fsp3) is 0.357. The molecule has 0 fully saturated rings. The first kappa shape index (κ1) is 14.1. The Labute approximate surface area is 121 Å². The van der Waals surface area contributed by atoms with Crippen LogP contribution in [-0.2, 0) is 13.6 Å². The lowest BCUT2D eigenvalue weighted by Crippen LogP contribution is -2.18. The van der Waals surface area contributed by atoms with Crippen LogP contribution in [0.3, 0.4) is 0 Å². The minimum Gasteiger partial charge on any atom is -0.506 e. The number of hydrogen-bond acceptors (Lipinski definition) is 3. The van der Waals surface area contributed by atoms with Gasteiger partial charge < -0.3 is 10.4 Å². The number of hydrogen-bond donors (Lipinski definition) is 2. The van der Waals surface area contributed by atoms with Gasteiger partial charge in [0.15, 0.2) is 0 Å². The molecular weight excluding hydrogens is 306 g/mol. The van der Waals surface area contributed by atoms with Crippen molar-refractivity contribution in [2.24, 2.45) is 7.05 Å². The van der Waals surface area contributed by atoms with Crippen molar-refractivity contribution in [1.29, 1.82) is 0 Å². The van der Waals surface area contributed by atoms with E-state index in [1.54, 1.807) is 0 Å². The van der Waals surface area contributed by atoms with Crippen LogP contribution in [0.1, 0.15) is 29.8 Å². The zero-order valence-corrected chi connectivity index (χ0v) is 12.9. The molecule has 5 heteroatoms. The van der Waals surface area contributed by atoms with Gasteiger partial charge in [-0.25, -0.2) is 0 Å². The summed E-state index contributed by atoms with van der Waals surface area (Å²) in [6, 6.07) is 5.84. The van der Waals surface area contributed by atoms with Gasteiger partial charge in [-0.05, 0) is 35.8 Å². The molecule has 1 atom stereocenters. The molecule has 0 aliphatic heterocycles. The van der Waals surface area contributed by atoms with E-state index in [9.17, 15) is 5.11 Å². The highest BCUT2D eigenvalue weighted by Gasteiger charge is 2.12. The van der Waals surface area contributed by atoms with E-state index < -0.39 is 0 Å². The monoisotopic (exact) mass is 323 g/mol. The number of phenolic OH excluding ortho intramolecular Hbond substituents is 1. The highest BCUT2D eigenvalue weighted by molar-refractivity contribution is 9.10. The molecule has 2 aromatic rings. The number of benzene rings is 1. The van der Waals surface area contributed by atoms with Gasteiger partial charge in [-0.2, -0.15) is 5.10 Å². The second kappa shape index (κ2) is 5.75. The third-order valence-electron chi connectivity index (χ3n) is 3.41. The summed E-state index contributed by atoms with van der Waals surface area (Å²) in [5.41, 5.74) is 3.21. The van der Waals surface area contributed by atoms with Crippen LogP contribution >= 0.6 is 15.9 Å². The van der Waals surface area contributed by atoms with Crippen LogP contribution in [0.15, 0.2) is 28.9 Å². The standard InChI is InChI=1S/C14H18BrN3O/c1-9(12-8-17-18(3)10(12)2)16-7-11-5-4-6-13(15)14(11)19/h4-6,8-9,16,19H,7H2,1-3H3. The second-order valence-electron chi connectivity index (χ2n) is 4.66. The topological polar surface area (TPSA) is 50.1 Å². The first-order chi connectivity index (χ1) is 9.00. The molecule has 4 nitrogen and oxygen atoms in total. The van der Waals surface area contributed by atoms with E-state index in [0.29, 0.717) is 12.3 Å².